The number of carboxylic acids is 1. The maximum atomic E-state index is 13.7. The molecule has 0 aliphatic rings. The highest BCUT2D eigenvalue weighted by atomic mass is 19.1. The number of benzene rings is 1. The number of nitrogens with zero attached hydrogens (tertiary/aromatic N) is 4. The minimum absolute atomic E-state index is 0.00679. The number of aromatic carboxylic acids is 1. The van der Waals surface area contributed by atoms with Crippen LogP contribution in [0, 0.1) is 17.1 Å². The van der Waals surface area contributed by atoms with Gasteiger partial charge in [-0.1, -0.05) is 0 Å². The van der Waals surface area contributed by atoms with E-state index in [1.165, 1.54) is 25.6 Å². The molecule has 2 aromatic heterocycles. The van der Waals surface area contributed by atoms with Crippen LogP contribution in [0.25, 0.3) is 10.9 Å². The number of methoxy groups -OCH3 is 1. The first-order valence-electron chi connectivity index (χ1n) is 8.04. The Morgan fingerprint density at radius 3 is 2.82 bits per heavy atom. The average molecular weight is 382 g/mol. The molecule has 3 rings (SSSR count). The quantitative estimate of drug-likeness (QED) is 0.605. The van der Waals surface area contributed by atoms with E-state index >= 15 is 0 Å². The van der Waals surface area contributed by atoms with E-state index in [0.29, 0.717) is 0 Å². The Morgan fingerprint density at radius 2 is 2.18 bits per heavy atom. The van der Waals surface area contributed by atoms with Crippen LogP contribution in [0.4, 0.5) is 16.0 Å². The zero-order chi connectivity index (χ0) is 20.4. The molecule has 0 spiro atoms. The van der Waals surface area contributed by atoms with Crippen LogP contribution in [0.1, 0.15) is 34.6 Å². The van der Waals surface area contributed by atoms with E-state index in [-0.39, 0.29) is 45.1 Å². The lowest BCUT2D eigenvalue weighted by molar-refractivity contribution is 0.0695. The number of aromatic nitrogens is 3. The molecule has 9 nitrogen and oxygen atoms in total. The number of pyridine rings is 1. The van der Waals surface area contributed by atoms with Crippen LogP contribution in [-0.4, -0.2) is 33.1 Å². The van der Waals surface area contributed by atoms with Gasteiger partial charge in [0.05, 0.1) is 18.7 Å². The molecule has 1 aromatic carbocycles. The Kier molecular flexibility index (Phi) is 4.91. The van der Waals surface area contributed by atoms with Crippen molar-refractivity contribution in [1.82, 2.24) is 15.0 Å². The van der Waals surface area contributed by atoms with Gasteiger partial charge in [0.1, 0.15) is 46.7 Å². The molecule has 28 heavy (non-hydrogen) atoms. The van der Waals surface area contributed by atoms with Gasteiger partial charge in [-0.25, -0.2) is 24.1 Å². The van der Waals surface area contributed by atoms with Gasteiger partial charge in [0, 0.05) is 5.39 Å². The number of carbonyl (C=O) groups is 1. The van der Waals surface area contributed by atoms with Gasteiger partial charge >= 0.3 is 5.97 Å². The summed E-state index contributed by atoms with van der Waals surface area (Å²) in [6, 6.07) is 4.96. The molecular formula is C18H15FN6O3. The minimum atomic E-state index is -1.28. The minimum Gasteiger partial charge on any atom is -0.494 e. The SMILES string of the molecule is COc1c(C(C)Nc2ncnc(N)c2C#N)nc2ccc(F)cc2c1C(=O)O. The fraction of sp³-hybridized carbons (Fsp3) is 0.167. The van der Waals surface area contributed by atoms with Gasteiger partial charge in [-0.2, -0.15) is 5.26 Å². The zero-order valence-corrected chi connectivity index (χ0v) is 14.9. The summed E-state index contributed by atoms with van der Waals surface area (Å²) in [5.41, 5.74) is 6.06. The van der Waals surface area contributed by atoms with Gasteiger partial charge in [0.15, 0.2) is 5.75 Å². The van der Waals surface area contributed by atoms with Crippen molar-refractivity contribution in [2.75, 3.05) is 18.2 Å². The third kappa shape index (κ3) is 3.21. The molecule has 0 aliphatic carbocycles. The van der Waals surface area contributed by atoms with Gasteiger partial charge in [-0.05, 0) is 25.1 Å². The van der Waals surface area contributed by atoms with Crippen molar-refractivity contribution in [3.63, 3.8) is 0 Å². The van der Waals surface area contributed by atoms with E-state index in [1.807, 2.05) is 6.07 Å². The lowest BCUT2D eigenvalue weighted by Crippen LogP contribution is -2.16. The number of nitriles is 1. The molecule has 0 saturated heterocycles. The number of rotatable bonds is 5. The number of fused-ring (bicyclic) bond motifs is 1. The lowest BCUT2D eigenvalue weighted by Gasteiger charge is -2.20. The lowest BCUT2D eigenvalue weighted by atomic mass is 10.0. The molecule has 0 amide bonds. The molecule has 10 heteroatoms. The number of halogens is 1. The molecule has 0 saturated carbocycles. The monoisotopic (exact) mass is 382 g/mol. The van der Waals surface area contributed by atoms with Crippen LogP contribution in [-0.2, 0) is 0 Å². The summed E-state index contributed by atoms with van der Waals surface area (Å²) in [6.45, 7) is 1.69. The third-order valence-corrected chi connectivity index (χ3v) is 4.10. The number of nitrogens with one attached hydrogen (secondary N) is 1. The van der Waals surface area contributed by atoms with Crippen LogP contribution in [0.3, 0.4) is 0 Å². The van der Waals surface area contributed by atoms with E-state index < -0.39 is 17.8 Å². The van der Waals surface area contributed by atoms with E-state index in [1.54, 1.807) is 6.92 Å². The van der Waals surface area contributed by atoms with Crippen molar-refractivity contribution in [1.29, 1.82) is 5.26 Å². The highest BCUT2D eigenvalue weighted by Gasteiger charge is 2.25. The standard InChI is InChI=1S/C18H15FN6O3/c1-8(24-17-11(6-20)16(21)22-7-23-17)14-15(28-2)13(18(26)27)10-5-9(19)3-4-12(10)25-14/h3-5,7-8H,1-2H3,(H,26,27)(H3,21,22,23,24). The van der Waals surface area contributed by atoms with Crippen molar-refractivity contribution in [3.05, 3.63) is 47.2 Å². The average Bonchev–Trinajstić information content (AvgIpc) is 2.66. The molecule has 4 N–H and O–H groups in total. The van der Waals surface area contributed by atoms with Crippen LogP contribution in [0.5, 0.6) is 5.75 Å². The summed E-state index contributed by atoms with van der Waals surface area (Å²) < 4.78 is 18.9. The number of ether oxygens (including phenoxy) is 1. The molecule has 2 heterocycles. The van der Waals surface area contributed by atoms with Crippen LogP contribution in [0.15, 0.2) is 24.5 Å². The highest BCUT2D eigenvalue weighted by molar-refractivity contribution is 6.05. The molecule has 0 radical (unpaired) electrons. The number of nitrogens with two attached hydrogens (primary N) is 1. The van der Waals surface area contributed by atoms with Crippen molar-refractivity contribution in [2.45, 2.75) is 13.0 Å². The van der Waals surface area contributed by atoms with Crippen LogP contribution >= 0.6 is 0 Å². The van der Waals surface area contributed by atoms with Crippen molar-refractivity contribution >= 4 is 28.5 Å². The van der Waals surface area contributed by atoms with Gasteiger partial charge in [0.2, 0.25) is 0 Å². The molecule has 0 bridgehead atoms. The summed E-state index contributed by atoms with van der Waals surface area (Å²) >= 11 is 0. The molecule has 142 valence electrons. The topological polar surface area (TPSA) is 147 Å². The predicted molar refractivity (Wildman–Crippen MR) is 98.4 cm³/mol. The first-order chi connectivity index (χ1) is 13.4. The van der Waals surface area contributed by atoms with Crippen molar-refractivity contribution in [3.8, 4) is 11.8 Å². The normalized spacial score (nSPS) is 11.6. The number of hydrogen-bond donors (Lipinski definition) is 3. The first-order valence-corrected chi connectivity index (χ1v) is 8.04. The van der Waals surface area contributed by atoms with Crippen LogP contribution in [0.2, 0.25) is 0 Å². The molecule has 0 aliphatic heterocycles. The summed E-state index contributed by atoms with van der Waals surface area (Å²) in [7, 11) is 1.30. The van der Waals surface area contributed by atoms with Crippen LogP contribution < -0.4 is 15.8 Å². The summed E-state index contributed by atoms with van der Waals surface area (Å²) in [5.74, 6) is -1.72. The molecule has 1 unspecified atom stereocenters. The predicted octanol–water partition coefficient (Wildman–Crippen LogP) is 2.50. The fourth-order valence-corrected chi connectivity index (χ4v) is 2.84. The molecule has 0 fully saturated rings. The first kappa shape index (κ1) is 18.8. The van der Waals surface area contributed by atoms with Gasteiger partial charge in [0.25, 0.3) is 0 Å². The van der Waals surface area contributed by atoms with E-state index in [0.717, 1.165) is 6.07 Å². The molecule has 1 atom stereocenters. The molecule has 3 aromatic rings. The second-order valence-corrected chi connectivity index (χ2v) is 5.83. The Bertz CT molecular complexity index is 1130. The van der Waals surface area contributed by atoms with E-state index in [4.69, 9.17) is 10.5 Å². The van der Waals surface area contributed by atoms with E-state index in [9.17, 15) is 19.6 Å². The number of carboxylic acid groups (broad SMARTS) is 1. The van der Waals surface area contributed by atoms with Gasteiger partial charge in [-0.15, -0.1) is 0 Å². The molecular weight excluding hydrogens is 367 g/mol. The summed E-state index contributed by atoms with van der Waals surface area (Å²) in [6.07, 6.45) is 1.20. The summed E-state index contributed by atoms with van der Waals surface area (Å²) in [5, 5.41) is 22.0. The largest absolute Gasteiger partial charge is 0.494 e. The Morgan fingerprint density at radius 1 is 1.43 bits per heavy atom. The second-order valence-electron chi connectivity index (χ2n) is 5.83. The Balaban J connectivity index is 2.18. The second kappa shape index (κ2) is 7.32. The van der Waals surface area contributed by atoms with Crippen molar-refractivity contribution in [2.24, 2.45) is 0 Å². The highest BCUT2D eigenvalue weighted by Crippen LogP contribution is 2.35. The number of hydrogen-bond acceptors (Lipinski definition) is 8. The van der Waals surface area contributed by atoms with Gasteiger partial charge < -0.3 is 20.9 Å². The number of anilines is 2. The maximum Gasteiger partial charge on any atom is 0.340 e. The fourth-order valence-electron chi connectivity index (χ4n) is 2.84. The number of nitrogen functional groups attached to an aromatic ring is 1. The van der Waals surface area contributed by atoms with Crippen molar-refractivity contribution < 1.29 is 19.0 Å². The maximum absolute atomic E-state index is 13.7. The Hall–Kier alpha value is -4.00. The smallest absolute Gasteiger partial charge is 0.340 e. The zero-order valence-electron chi connectivity index (χ0n) is 14.9. The summed E-state index contributed by atoms with van der Waals surface area (Å²) in [4.78, 5) is 24.0. The third-order valence-electron chi connectivity index (χ3n) is 4.10. The Labute approximate surface area is 158 Å². The van der Waals surface area contributed by atoms with Gasteiger partial charge in [-0.3, -0.25) is 0 Å². The van der Waals surface area contributed by atoms with E-state index in [2.05, 4.69) is 20.3 Å².